The maximum absolute atomic E-state index is 11.3. The lowest BCUT2D eigenvalue weighted by molar-refractivity contribution is 0.0595. The van der Waals surface area contributed by atoms with E-state index in [1.54, 1.807) is 24.6 Å². The van der Waals surface area contributed by atoms with Crippen molar-refractivity contribution in [2.24, 2.45) is 0 Å². The van der Waals surface area contributed by atoms with Gasteiger partial charge in [-0.15, -0.1) is 5.10 Å². The van der Waals surface area contributed by atoms with Crippen molar-refractivity contribution >= 4 is 12.0 Å². The van der Waals surface area contributed by atoms with Gasteiger partial charge in [-0.3, -0.25) is 0 Å². The van der Waals surface area contributed by atoms with Crippen LogP contribution in [0.1, 0.15) is 21.8 Å². The zero-order valence-corrected chi connectivity index (χ0v) is 12.0. The van der Waals surface area contributed by atoms with Gasteiger partial charge < -0.3 is 23.9 Å². The Hall–Kier alpha value is -3.03. The Kier molecular flexibility index (Phi) is 3.65. The number of aromatic nitrogens is 3. The standard InChI is InChI=1S/C14H14N4O4/c1-8-10(3-4-21-8)12-17-18-14(22-12)16-7-9-5-11(15-6-9)13(19)20-2/h3-6,15H,7H2,1-2H3,(H,16,18). The Morgan fingerprint density at radius 3 is 3.05 bits per heavy atom. The van der Waals surface area contributed by atoms with Crippen molar-refractivity contribution in [2.75, 3.05) is 12.4 Å². The van der Waals surface area contributed by atoms with Gasteiger partial charge in [0.15, 0.2) is 0 Å². The molecule has 0 saturated heterocycles. The van der Waals surface area contributed by atoms with Crippen LogP contribution in [0, 0.1) is 6.92 Å². The number of furan rings is 1. The first-order valence-corrected chi connectivity index (χ1v) is 6.55. The summed E-state index contributed by atoms with van der Waals surface area (Å²) in [7, 11) is 1.33. The van der Waals surface area contributed by atoms with Gasteiger partial charge in [0.2, 0.25) is 0 Å². The molecule has 0 aliphatic rings. The van der Waals surface area contributed by atoms with Crippen LogP contribution in [0.5, 0.6) is 0 Å². The Balaban J connectivity index is 1.65. The van der Waals surface area contributed by atoms with Gasteiger partial charge >= 0.3 is 12.0 Å². The zero-order valence-electron chi connectivity index (χ0n) is 12.0. The largest absolute Gasteiger partial charge is 0.469 e. The number of carbonyl (C=O) groups is 1. The van der Waals surface area contributed by atoms with Crippen LogP contribution in [0.4, 0.5) is 6.01 Å². The number of esters is 1. The van der Waals surface area contributed by atoms with Crippen LogP contribution in [0.3, 0.4) is 0 Å². The predicted octanol–water partition coefficient (Wildman–Crippen LogP) is 2.36. The first kappa shape index (κ1) is 13.9. The van der Waals surface area contributed by atoms with Gasteiger partial charge in [-0.05, 0) is 24.6 Å². The Morgan fingerprint density at radius 2 is 2.32 bits per heavy atom. The van der Waals surface area contributed by atoms with E-state index in [1.165, 1.54) is 7.11 Å². The molecule has 3 aromatic rings. The Morgan fingerprint density at radius 1 is 1.45 bits per heavy atom. The van der Waals surface area contributed by atoms with Gasteiger partial charge in [0, 0.05) is 12.7 Å². The van der Waals surface area contributed by atoms with Crippen molar-refractivity contribution in [3.8, 4) is 11.5 Å². The first-order valence-electron chi connectivity index (χ1n) is 6.55. The molecule has 3 aromatic heterocycles. The van der Waals surface area contributed by atoms with E-state index in [0.29, 0.717) is 23.9 Å². The highest BCUT2D eigenvalue weighted by Gasteiger charge is 2.13. The van der Waals surface area contributed by atoms with Crippen LogP contribution < -0.4 is 5.32 Å². The molecule has 0 radical (unpaired) electrons. The number of anilines is 1. The van der Waals surface area contributed by atoms with E-state index >= 15 is 0 Å². The van der Waals surface area contributed by atoms with Crippen LogP contribution in [-0.2, 0) is 11.3 Å². The fourth-order valence-electron chi connectivity index (χ4n) is 1.96. The van der Waals surface area contributed by atoms with Gasteiger partial charge in [-0.25, -0.2) is 4.79 Å². The fourth-order valence-corrected chi connectivity index (χ4v) is 1.96. The minimum atomic E-state index is -0.415. The van der Waals surface area contributed by atoms with Gasteiger partial charge in [0.05, 0.1) is 18.9 Å². The molecule has 0 bridgehead atoms. The lowest BCUT2D eigenvalue weighted by Gasteiger charge is -1.97. The molecule has 8 nitrogen and oxygen atoms in total. The number of H-pyrrole nitrogens is 1. The van der Waals surface area contributed by atoms with Crippen LogP contribution in [0.2, 0.25) is 0 Å². The highest BCUT2D eigenvalue weighted by atomic mass is 16.5. The van der Waals surface area contributed by atoms with Crippen LogP contribution in [-0.4, -0.2) is 28.3 Å². The van der Waals surface area contributed by atoms with Crippen LogP contribution >= 0.6 is 0 Å². The molecule has 0 saturated carbocycles. The average molecular weight is 302 g/mol. The van der Waals surface area contributed by atoms with Crippen molar-refractivity contribution in [3.05, 3.63) is 41.6 Å². The van der Waals surface area contributed by atoms with Gasteiger partial charge in [0.1, 0.15) is 11.5 Å². The highest BCUT2D eigenvalue weighted by molar-refractivity contribution is 5.87. The summed E-state index contributed by atoms with van der Waals surface area (Å²) in [5.41, 5.74) is 2.01. The second kappa shape index (κ2) is 5.76. The number of aryl methyl sites for hydroxylation is 1. The third-order valence-corrected chi connectivity index (χ3v) is 3.11. The average Bonchev–Trinajstić information content (AvgIpc) is 3.24. The summed E-state index contributed by atoms with van der Waals surface area (Å²) in [5, 5.41) is 10.9. The van der Waals surface area contributed by atoms with E-state index in [4.69, 9.17) is 8.83 Å². The summed E-state index contributed by atoms with van der Waals surface area (Å²) in [6.07, 6.45) is 3.27. The quantitative estimate of drug-likeness (QED) is 0.697. The number of hydrogen-bond acceptors (Lipinski definition) is 7. The molecule has 22 heavy (non-hydrogen) atoms. The van der Waals surface area contributed by atoms with E-state index in [2.05, 4.69) is 25.2 Å². The molecule has 0 aromatic carbocycles. The lowest BCUT2D eigenvalue weighted by atomic mass is 10.3. The molecule has 8 heteroatoms. The number of ether oxygens (including phenoxy) is 1. The summed E-state index contributed by atoms with van der Waals surface area (Å²) < 4.78 is 15.3. The van der Waals surface area contributed by atoms with Crippen molar-refractivity contribution in [3.63, 3.8) is 0 Å². The number of nitrogens with zero attached hydrogens (tertiary/aromatic N) is 2. The molecule has 0 spiro atoms. The monoisotopic (exact) mass is 302 g/mol. The number of hydrogen-bond donors (Lipinski definition) is 2. The van der Waals surface area contributed by atoms with E-state index in [9.17, 15) is 4.79 Å². The molecular weight excluding hydrogens is 288 g/mol. The minimum Gasteiger partial charge on any atom is -0.469 e. The fraction of sp³-hybridized carbons (Fsp3) is 0.214. The maximum atomic E-state index is 11.3. The SMILES string of the molecule is COC(=O)c1cc(CNc2nnc(-c3ccoc3C)o2)c[nH]1. The summed E-state index contributed by atoms with van der Waals surface area (Å²) in [5.74, 6) is 0.684. The molecule has 0 fully saturated rings. The number of aromatic amines is 1. The summed E-state index contributed by atoms with van der Waals surface area (Å²) in [6, 6.07) is 3.74. The number of methoxy groups -OCH3 is 1. The Bertz CT molecular complexity index is 786. The molecule has 0 atom stereocenters. The summed E-state index contributed by atoms with van der Waals surface area (Å²) in [6.45, 7) is 2.25. The molecular formula is C14H14N4O4. The molecule has 0 unspecified atom stereocenters. The lowest BCUT2D eigenvalue weighted by Crippen LogP contribution is -2.01. The predicted molar refractivity (Wildman–Crippen MR) is 76.2 cm³/mol. The third-order valence-electron chi connectivity index (χ3n) is 3.11. The second-order valence-electron chi connectivity index (χ2n) is 4.57. The topological polar surface area (TPSA) is 106 Å². The van der Waals surface area contributed by atoms with Crippen molar-refractivity contribution in [2.45, 2.75) is 13.5 Å². The van der Waals surface area contributed by atoms with Gasteiger partial charge in [-0.2, -0.15) is 0 Å². The van der Waals surface area contributed by atoms with E-state index in [0.717, 1.165) is 11.1 Å². The third kappa shape index (κ3) is 2.71. The van der Waals surface area contributed by atoms with Crippen molar-refractivity contribution in [1.29, 1.82) is 0 Å². The molecule has 2 N–H and O–H groups in total. The van der Waals surface area contributed by atoms with Crippen molar-refractivity contribution < 1.29 is 18.4 Å². The Labute approximate surface area is 125 Å². The number of rotatable bonds is 5. The van der Waals surface area contributed by atoms with Crippen molar-refractivity contribution in [1.82, 2.24) is 15.2 Å². The highest BCUT2D eigenvalue weighted by Crippen LogP contribution is 2.24. The van der Waals surface area contributed by atoms with E-state index < -0.39 is 5.97 Å². The van der Waals surface area contributed by atoms with E-state index in [1.807, 2.05) is 6.92 Å². The molecule has 0 aliphatic carbocycles. The number of nitrogens with one attached hydrogen (secondary N) is 2. The molecule has 0 aliphatic heterocycles. The second-order valence-corrected chi connectivity index (χ2v) is 4.57. The zero-order chi connectivity index (χ0) is 15.5. The number of carbonyl (C=O) groups excluding carboxylic acids is 1. The van der Waals surface area contributed by atoms with E-state index in [-0.39, 0.29) is 6.01 Å². The molecule has 3 rings (SSSR count). The minimum absolute atomic E-state index is 0.288. The van der Waals surface area contributed by atoms with Gasteiger partial charge in [0.25, 0.3) is 5.89 Å². The molecule has 3 heterocycles. The summed E-state index contributed by atoms with van der Waals surface area (Å²) >= 11 is 0. The summed E-state index contributed by atoms with van der Waals surface area (Å²) in [4.78, 5) is 14.2. The van der Waals surface area contributed by atoms with Crippen LogP contribution in [0.25, 0.3) is 11.5 Å². The van der Waals surface area contributed by atoms with Gasteiger partial charge in [-0.1, -0.05) is 5.10 Å². The normalized spacial score (nSPS) is 10.6. The molecule has 114 valence electrons. The van der Waals surface area contributed by atoms with Crippen LogP contribution in [0.15, 0.2) is 33.4 Å². The molecule has 0 amide bonds. The smallest absolute Gasteiger partial charge is 0.354 e. The maximum Gasteiger partial charge on any atom is 0.354 e. The first-order chi connectivity index (χ1) is 10.7.